The maximum atomic E-state index is 12.7. The fraction of sp³-hybridized carbons (Fsp3) is 0.467. The summed E-state index contributed by atoms with van der Waals surface area (Å²) >= 11 is 3.40. The minimum atomic E-state index is -1.01. The molecule has 2 aliphatic heterocycles. The number of nitrogens with zero attached hydrogens (tertiary/aromatic N) is 1. The number of rotatable bonds is 3. The number of hydrogen-bond acceptors (Lipinski definition) is 3. The lowest BCUT2D eigenvalue weighted by Gasteiger charge is -2.23. The van der Waals surface area contributed by atoms with Crippen LogP contribution in [0, 0.1) is 0 Å². The molecule has 6 heteroatoms. The smallest absolute Gasteiger partial charge is 0.325 e. The van der Waals surface area contributed by atoms with Crippen LogP contribution in [0.5, 0.6) is 0 Å². The quantitative estimate of drug-likeness (QED) is 0.849. The van der Waals surface area contributed by atoms with E-state index in [4.69, 9.17) is 4.74 Å². The third-order valence-corrected chi connectivity index (χ3v) is 4.58. The highest BCUT2D eigenvalue weighted by Crippen LogP contribution is 2.31. The molecule has 2 fully saturated rings. The van der Waals surface area contributed by atoms with Crippen molar-refractivity contribution in [2.24, 2.45) is 0 Å². The van der Waals surface area contributed by atoms with Gasteiger partial charge in [0, 0.05) is 11.1 Å². The largest absolute Gasteiger partial charge is 0.376 e. The van der Waals surface area contributed by atoms with Gasteiger partial charge in [0.1, 0.15) is 5.54 Å². The second kappa shape index (κ2) is 5.42. The van der Waals surface area contributed by atoms with Crippen LogP contribution in [0.2, 0.25) is 0 Å². The Balaban J connectivity index is 1.84. The van der Waals surface area contributed by atoms with E-state index < -0.39 is 5.54 Å². The molecular formula is C15H17BrN2O3. The van der Waals surface area contributed by atoms with Gasteiger partial charge in [-0.2, -0.15) is 0 Å². The normalized spacial score (nSPS) is 29.0. The van der Waals surface area contributed by atoms with Gasteiger partial charge in [-0.3, -0.25) is 9.69 Å². The van der Waals surface area contributed by atoms with Gasteiger partial charge in [-0.05, 0) is 37.5 Å². The van der Waals surface area contributed by atoms with Crippen LogP contribution in [-0.4, -0.2) is 36.1 Å². The maximum absolute atomic E-state index is 12.7. The number of carbonyl (C=O) groups excluding carboxylic acids is 2. The number of benzene rings is 1. The summed E-state index contributed by atoms with van der Waals surface area (Å²) in [6, 6.07) is 7.09. The molecule has 0 bridgehead atoms. The number of halogens is 1. The standard InChI is InChI=1S/C15H17BrN2O3/c1-15(10-4-2-5-11(16)8-10)13(19)18(14(20)17-15)9-12-6-3-7-21-12/h2,4-5,8,12H,3,6-7,9H2,1H3,(H,17,20)/t12-,15-/m0/s1. The Labute approximate surface area is 131 Å². The third-order valence-electron chi connectivity index (χ3n) is 4.09. The first-order valence-corrected chi connectivity index (χ1v) is 7.82. The molecule has 0 saturated carbocycles. The van der Waals surface area contributed by atoms with Crippen molar-refractivity contribution in [3.05, 3.63) is 34.3 Å². The highest BCUT2D eigenvalue weighted by molar-refractivity contribution is 9.10. The molecule has 3 amide bonds. The van der Waals surface area contributed by atoms with Gasteiger partial charge in [0.25, 0.3) is 5.91 Å². The Bertz CT molecular complexity index is 586. The van der Waals surface area contributed by atoms with E-state index in [0.717, 1.165) is 22.9 Å². The van der Waals surface area contributed by atoms with Gasteiger partial charge in [0.2, 0.25) is 0 Å². The Hall–Kier alpha value is -1.40. The van der Waals surface area contributed by atoms with Crippen molar-refractivity contribution in [1.82, 2.24) is 10.2 Å². The predicted molar refractivity (Wildman–Crippen MR) is 80.7 cm³/mol. The SMILES string of the molecule is C[C@@]1(c2cccc(Br)c2)NC(=O)N(C[C@@H]2CCCO2)C1=O. The zero-order valence-electron chi connectivity index (χ0n) is 11.8. The van der Waals surface area contributed by atoms with Gasteiger partial charge in [-0.25, -0.2) is 4.79 Å². The molecule has 1 N–H and O–H groups in total. The first-order valence-electron chi connectivity index (χ1n) is 7.02. The lowest BCUT2D eigenvalue weighted by atomic mass is 9.92. The van der Waals surface area contributed by atoms with Crippen LogP contribution in [0.15, 0.2) is 28.7 Å². The van der Waals surface area contributed by atoms with E-state index in [9.17, 15) is 9.59 Å². The van der Waals surface area contributed by atoms with Crippen LogP contribution < -0.4 is 5.32 Å². The highest BCUT2D eigenvalue weighted by Gasteiger charge is 2.49. The summed E-state index contributed by atoms with van der Waals surface area (Å²) in [4.78, 5) is 26.2. The number of amides is 3. The average Bonchev–Trinajstić information content (AvgIpc) is 3.03. The molecule has 2 aliphatic rings. The number of carbonyl (C=O) groups is 2. The minimum absolute atomic E-state index is 0.0374. The van der Waals surface area contributed by atoms with Gasteiger partial charge >= 0.3 is 6.03 Å². The van der Waals surface area contributed by atoms with Gasteiger partial charge in [-0.1, -0.05) is 28.1 Å². The summed E-state index contributed by atoms with van der Waals surface area (Å²) in [5, 5.41) is 2.81. The molecular weight excluding hydrogens is 336 g/mol. The summed E-state index contributed by atoms with van der Waals surface area (Å²) in [5.41, 5.74) is -0.246. The van der Waals surface area contributed by atoms with Gasteiger partial charge in [-0.15, -0.1) is 0 Å². The van der Waals surface area contributed by atoms with Crippen molar-refractivity contribution in [2.45, 2.75) is 31.4 Å². The topological polar surface area (TPSA) is 58.6 Å². The van der Waals surface area contributed by atoms with Crippen molar-refractivity contribution in [3.63, 3.8) is 0 Å². The Morgan fingerprint density at radius 1 is 1.48 bits per heavy atom. The first-order chi connectivity index (χ1) is 10.0. The van der Waals surface area contributed by atoms with E-state index in [1.165, 1.54) is 4.90 Å². The molecule has 2 saturated heterocycles. The molecule has 0 unspecified atom stereocenters. The Morgan fingerprint density at radius 3 is 2.95 bits per heavy atom. The van der Waals surface area contributed by atoms with Crippen molar-refractivity contribution >= 4 is 27.9 Å². The predicted octanol–water partition coefficient (Wildman–Crippen LogP) is 2.40. The van der Waals surface area contributed by atoms with Crippen LogP contribution >= 0.6 is 15.9 Å². The third kappa shape index (κ3) is 2.58. The monoisotopic (exact) mass is 352 g/mol. The molecule has 112 valence electrons. The zero-order chi connectivity index (χ0) is 15.0. The van der Waals surface area contributed by atoms with Crippen molar-refractivity contribution in [3.8, 4) is 0 Å². The number of ether oxygens (including phenoxy) is 1. The average molecular weight is 353 g/mol. The molecule has 0 aliphatic carbocycles. The number of hydrogen-bond donors (Lipinski definition) is 1. The van der Waals surface area contributed by atoms with Gasteiger partial charge < -0.3 is 10.1 Å². The number of urea groups is 1. The Morgan fingerprint density at radius 2 is 2.29 bits per heavy atom. The number of imide groups is 1. The van der Waals surface area contributed by atoms with Crippen molar-refractivity contribution < 1.29 is 14.3 Å². The fourth-order valence-corrected chi connectivity index (χ4v) is 3.25. The summed E-state index contributed by atoms with van der Waals surface area (Å²) in [5.74, 6) is -0.221. The number of nitrogens with one attached hydrogen (secondary N) is 1. The van der Waals surface area contributed by atoms with Crippen LogP contribution in [0.4, 0.5) is 4.79 Å². The van der Waals surface area contributed by atoms with Crippen molar-refractivity contribution in [2.75, 3.05) is 13.2 Å². The lowest BCUT2D eigenvalue weighted by Crippen LogP contribution is -2.42. The van der Waals surface area contributed by atoms with E-state index in [1.807, 2.05) is 24.3 Å². The van der Waals surface area contributed by atoms with E-state index in [2.05, 4.69) is 21.2 Å². The van der Waals surface area contributed by atoms with Crippen LogP contribution in [0.25, 0.3) is 0 Å². The van der Waals surface area contributed by atoms with Crippen LogP contribution in [-0.2, 0) is 15.1 Å². The molecule has 3 rings (SSSR count). The summed E-state index contributed by atoms with van der Waals surface area (Å²) < 4.78 is 6.40. The molecule has 2 heterocycles. The van der Waals surface area contributed by atoms with Crippen LogP contribution in [0.3, 0.4) is 0 Å². The second-order valence-corrected chi connectivity index (χ2v) is 6.53. The molecule has 5 nitrogen and oxygen atoms in total. The highest BCUT2D eigenvalue weighted by atomic mass is 79.9. The van der Waals surface area contributed by atoms with E-state index >= 15 is 0 Å². The Kier molecular flexibility index (Phi) is 3.75. The maximum Gasteiger partial charge on any atom is 0.325 e. The van der Waals surface area contributed by atoms with E-state index in [-0.39, 0.29) is 18.0 Å². The van der Waals surface area contributed by atoms with Crippen LogP contribution in [0.1, 0.15) is 25.3 Å². The first kappa shape index (κ1) is 14.5. The molecule has 21 heavy (non-hydrogen) atoms. The molecule has 1 aromatic carbocycles. The second-order valence-electron chi connectivity index (χ2n) is 5.62. The van der Waals surface area contributed by atoms with E-state index in [0.29, 0.717) is 13.2 Å². The molecule has 0 radical (unpaired) electrons. The molecule has 0 spiro atoms. The van der Waals surface area contributed by atoms with Crippen molar-refractivity contribution in [1.29, 1.82) is 0 Å². The summed E-state index contributed by atoms with van der Waals surface area (Å²) in [7, 11) is 0. The van der Waals surface area contributed by atoms with Gasteiger partial charge in [0.15, 0.2) is 0 Å². The summed E-state index contributed by atoms with van der Waals surface area (Å²) in [6.45, 7) is 2.77. The lowest BCUT2D eigenvalue weighted by molar-refractivity contribution is -0.132. The molecule has 1 aromatic rings. The van der Waals surface area contributed by atoms with E-state index in [1.54, 1.807) is 6.92 Å². The minimum Gasteiger partial charge on any atom is -0.376 e. The summed E-state index contributed by atoms with van der Waals surface area (Å²) in [6.07, 6.45) is 1.84. The molecule has 2 atom stereocenters. The molecule has 0 aromatic heterocycles. The van der Waals surface area contributed by atoms with Gasteiger partial charge in [0.05, 0.1) is 12.6 Å². The zero-order valence-corrected chi connectivity index (χ0v) is 13.4. The fourth-order valence-electron chi connectivity index (χ4n) is 2.85.